The average Bonchev–Trinajstić information content (AvgIpc) is 3.09. The zero-order valence-electron chi connectivity index (χ0n) is 14.2. The van der Waals surface area contributed by atoms with Gasteiger partial charge in [0, 0.05) is 6.54 Å². The van der Waals surface area contributed by atoms with Crippen LogP contribution in [0.3, 0.4) is 0 Å². The summed E-state index contributed by atoms with van der Waals surface area (Å²) in [7, 11) is 0. The number of benzene rings is 1. The molecule has 1 fully saturated rings. The zero-order valence-corrected chi connectivity index (χ0v) is 14.2. The number of halogens is 1. The molecule has 2 heterocycles. The van der Waals surface area contributed by atoms with Crippen LogP contribution in [0, 0.1) is 5.82 Å². The Morgan fingerprint density at radius 2 is 2.08 bits per heavy atom. The maximum atomic E-state index is 12.9. The molecular formula is C19H22FNO4. The van der Waals surface area contributed by atoms with Gasteiger partial charge in [-0.3, -0.25) is 4.79 Å². The highest BCUT2D eigenvalue weighted by molar-refractivity contribution is 5.91. The van der Waals surface area contributed by atoms with Gasteiger partial charge in [0.05, 0.1) is 12.1 Å². The van der Waals surface area contributed by atoms with Crippen molar-refractivity contribution in [3.8, 4) is 5.75 Å². The van der Waals surface area contributed by atoms with Crippen LogP contribution in [-0.4, -0.2) is 34.6 Å². The predicted octanol–water partition coefficient (Wildman–Crippen LogP) is 3.37. The molecule has 134 valence electrons. The SMILES string of the molecule is CC(O)C1CCCCN1C(=O)c1ccc(COc2ccc(F)cc2)o1. The summed E-state index contributed by atoms with van der Waals surface area (Å²) < 4.78 is 24.0. The Hall–Kier alpha value is -2.34. The molecule has 0 saturated carbocycles. The molecule has 0 radical (unpaired) electrons. The lowest BCUT2D eigenvalue weighted by atomic mass is 9.98. The molecule has 1 aromatic heterocycles. The second-order valence-electron chi connectivity index (χ2n) is 6.31. The summed E-state index contributed by atoms with van der Waals surface area (Å²) in [5, 5.41) is 9.91. The minimum absolute atomic E-state index is 0.152. The molecule has 1 saturated heterocycles. The second kappa shape index (κ2) is 7.70. The normalized spacial score (nSPS) is 18.8. The third-order valence-electron chi connectivity index (χ3n) is 4.43. The van der Waals surface area contributed by atoms with Crippen LogP contribution in [0.4, 0.5) is 4.39 Å². The van der Waals surface area contributed by atoms with Crippen molar-refractivity contribution < 1.29 is 23.4 Å². The highest BCUT2D eigenvalue weighted by atomic mass is 19.1. The minimum Gasteiger partial charge on any atom is -0.486 e. The van der Waals surface area contributed by atoms with Gasteiger partial charge in [-0.1, -0.05) is 0 Å². The van der Waals surface area contributed by atoms with E-state index >= 15 is 0 Å². The Kier molecular flexibility index (Phi) is 5.38. The van der Waals surface area contributed by atoms with Crippen molar-refractivity contribution in [3.05, 3.63) is 53.7 Å². The van der Waals surface area contributed by atoms with Gasteiger partial charge in [-0.05, 0) is 62.6 Å². The largest absolute Gasteiger partial charge is 0.486 e. The fourth-order valence-corrected chi connectivity index (χ4v) is 3.11. The summed E-state index contributed by atoms with van der Waals surface area (Å²) in [4.78, 5) is 14.4. The molecule has 1 aromatic carbocycles. The molecule has 1 aliphatic heterocycles. The molecule has 1 aliphatic rings. The lowest BCUT2D eigenvalue weighted by Crippen LogP contribution is -2.48. The van der Waals surface area contributed by atoms with Crippen molar-refractivity contribution in [1.82, 2.24) is 4.90 Å². The number of nitrogens with zero attached hydrogens (tertiary/aromatic N) is 1. The number of furan rings is 1. The fraction of sp³-hybridized carbons (Fsp3) is 0.421. The van der Waals surface area contributed by atoms with Crippen LogP contribution in [0.15, 0.2) is 40.8 Å². The molecule has 2 atom stereocenters. The lowest BCUT2D eigenvalue weighted by Gasteiger charge is -2.36. The number of carbonyl (C=O) groups excluding carboxylic acids is 1. The monoisotopic (exact) mass is 347 g/mol. The van der Waals surface area contributed by atoms with Gasteiger partial charge in [0.2, 0.25) is 0 Å². The second-order valence-corrected chi connectivity index (χ2v) is 6.31. The molecule has 25 heavy (non-hydrogen) atoms. The van der Waals surface area contributed by atoms with E-state index in [0.717, 1.165) is 19.3 Å². The van der Waals surface area contributed by atoms with Crippen LogP contribution in [0.5, 0.6) is 5.75 Å². The van der Waals surface area contributed by atoms with E-state index in [1.807, 2.05) is 0 Å². The molecule has 1 amide bonds. The number of rotatable bonds is 5. The Labute approximate surface area is 146 Å². The first-order valence-electron chi connectivity index (χ1n) is 8.50. The number of hydrogen-bond donors (Lipinski definition) is 1. The third-order valence-corrected chi connectivity index (χ3v) is 4.43. The highest BCUT2D eigenvalue weighted by Gasteiger charge is 2.31. The first kappa shape index (κ1) is 17.5. The summed E-state index contributed by atoms with van der Waals surface area (Å²) in [6.45, 7) is 2.48. The van der Waals surface area contributed by atoms with Crippen LogP contribution in [0.1, 0.15) is 42.5 Å². The van der Waals surface area contributed by atoms with Gasteiger partial charge in [-0.2, -0.15) is 0 Å². The first-order valence-corrected chi connectivity index (χ1v) is 8.50. The van der Waals surface area contributed by atoms with Crippen LogP contribution in [-0.2, 0) is 6.61 Å². The van der Waals surface area contributed by atoms with Gasteiger partial charge >= 0.3 is 0 Å². The maximum absolute atomic E-state index is 12.9. The Bertz CT molecular complexity index is 710. The van der Waals surface area contributed by atoms with E-state index in [9.17, 15) is 14.3 Å². The summed E-state index contributed by atoms with van der Waals surface area (Å²) in [6.07, 6.45) is 2.16. The van der Waals surface area contributed by atoms with Crippen molar-refractivity contribution in [2.75, 3.05) is 6.54 Å². The molecule has 6 heteroatoms. The third kappa shape index (κ3) is 4.20. The van der Waals surface area contributed by atoms with Gasteiger partial charge < -0.3 is 19.2 Å². The summed E-state index contributed by atoms with van der Waals surface area (Å²) in [5.41, 5.74) is 0. The maximum Gasteiger partial charge on any atom is 0.289 e. The topological polar surface area (TPSA) is 62.9 Å². The van der Waals surface area contributed by atoms with Crippen molar-refractivity contribution >= 4 is 5.91 Å². The number of aliphatic hydroxyl groups excluding tert-OH is 1. The van der Waals surface area contributed by atoms with Gasteiger partial charge in [-0.25, -0.2) is 4.39 Å². The Balaban J connectivity index is 1.63. The van der Waals surface area contributed by atoms with E-state index in [1.54, 1.807) is 24.0 Å². The number of hydrogen-bond acceptors (Lipinski definition) is 4. The van der Waals surface area contributed by atoms with Gasteiger partial charge in [0.25, 0.3) is 5.91 Å². The standard InChI is InChI=1S/C19H22FNO4/c1-13(22)17-4-2-3-11-21(17)19(23)18-10-9-16(25-18)12-24-15-7-5-14(20)6-8-15/h5-10,13,17,22H,2-4,11-12H2,1H3. The van der Waals surface area contributed by atoms with Crippen molar-refractivity contribution in [2.24, 2.45) is 0 Å². The van der Waals surface area contributed by atoms with E-state index in [-0.39, 0.29) is 30.1 Å². The highest BCUT2D eigenvalue weighted by Crippen LogP contribution is 2.23. The van der Waals surface area contributed by atoms with E-state index in [4.69, 9.17) is 9.15 Å². The number of ether oxygens (including phenoxy) is 1. The lowest BCUT2D eigenvalue weighted by molar-refractivity contribution is 0.0256. The molecule has 0 aliphatic carbocycles. The van der Waals surface area contributed by atoms with Gasteiger partial charge in [0.15, 0.2) is 5.76 Å². The number of piperidine rings is 1. The minimum atomic E-state index is -0.569. The summed E-state index contributed by atoms with van der Waals surface area (Å²) in [5.74, 6) is 0.741. The van der Waals surface area contributed by atoms with Gasteiger partial charge in [-0.15, -0.1) is 0 Å². The first-order chi connectivity index (χ1) is 12.0. The number of carbonyl (C=O) groups is 1. The molecule has 2 aromatic rings. The number of amides is 1. The predicted molar refractivity (Wildman–Crippen MR) is 89.8 cm³/mol. The van der Waals surface area contributed by atoms with Crippen molar-refractivity contribution in [1.29, 1.82) is 0 Å². The molecule has 0 spiro atoms. The summed E-state index contributed by atoms with van der Waals surface area (Å²) in [6, 6.07) is 8.84. The average molecular weight is 347 g/mol. The quantitative estimate of drug-likeness (QED) is 0.901. The van der Waals surface area contributed by atoms with Crippen LogP contribution in [0.2, 0.25) is 0 Å². The molecule has 2 unspecified atom stereocenters. The summed E-state index contributed by atoms with van der Waals surface area (Å²) >= 11 is 0. The van der Waals surface area contributed by atoms with E-state index in [0.29, 0.717) is 18.1 Å². The molecule has 3 rings (SSSR count). The molecule has 1 N–H and O–H groups in total. The Morgan fingerprint density at radius 3 is 2.80 bits per heavy atom. The molecular weight excluding hydrogens is 325 g/mol. The number of likely N-dealkylation sites (tertiary alicyclic amines) is 1. The van der Waals surface area contributed by atoms with Crippen LogP contribution < -0.4 is 4.74 Å². The van der Waals surface area contributed by atoms with Crippen molar-refractivity contribution in [3.63, 3.8) is 0 Å². The zero-order chi connectivity index (χ0) is 17.8. The molecule has 0 bridgehead atoms. The van der Waals surface area contributed by atoms with Crippen LogP contribution >= 0.6 is 0 Å². The van der Waals surface area contributed by atoms with E-state index in [2.05, 4.69) is 0 Å². The Morgan fingerprint density at radius 1 is 1.32 bits per heavy atom. The van der Waals surface area contributed by atoms with Gasteiger partial charge in [0.1, 0.15) is 23.9 Å². The number of aliphatic hydroxyl groups is 1. The molecule has 5 nitrogen and oxygen atoms in total. The smallest absolute Gasteiger partial charge is 0.289 e. The fourth-order valence-electron chi connectivity index (χ4n) is 3.11. The van der Waals surface area contributed by atoms with E-state index < -0.39 is 6.10 Å². The van der Waals surface area contributed by atoms with Crippen molar-refractivity contribution in [2.45, 2.75) is 44.9 Å². The van der Waals surface area contributed by atoms with E-state index in [1.165, 1.54) is 24.3 Å². The van der Waals surface area contributed by atoms with Crippen LogP contribution in [0.25, 0.3) is 0 Å².